The van der Waals surface area contributed by atoms with Gasteiger partial charge < -0.3 is 15.1 Å². The molecule has 2 heterocycles. The standard InChI is InChI=1S/C22H24FN3O2/c23-20-7-3-6-17-10-12-25(15-19(17)20)21(27)8-11-24-22(28)26-13-9-16-4-1-2-5-18(16)14-26/h1-7H,8-15H2,(H,24,28). The first-order chi connectivity index (χ1) is 13.6. The van der Waals surface area contributed by atoms with Crippen LogP contribution in [0.25, 0.3) is 0 Å². The summed E-state index contributed by atoms with van der Waals surface area (Å²) < 4.78 is 14.0. The van der Waals surface area contributed by atoms with Crippen molar-refractivity contribution < 1.29 is 14.0 Å². The molecular weight excluding hydrogens is 357 g/mol. The smallest absolute Gasteiger partial charge is 0.317 e. The Morgan fingerprint density at radius 3 is 2.46 bits per heavy atom. The highest BCUT2D eigenvalue weighted by molar-refractivity contribution is 5.78. The maximum Gasteiger partial charge on any atom is 0.317 e. The first-order valence-corrected chi connectivity index (χ1v) is 9.75. The van der Waals surface area contributed by atoms with Gasteiger partial charge in [0.1, 0.15) is 5.82 Å². The molecule has 2 aromatic rings. The summed E-state index contributed by atoms with van der Waals surface area (Å²) in [6.07, 6.45) is 1.74. The molecule has 2 aliphatic rings. The fourth-order valence-electron chi connectivity index (χ4n) is 3.97. The van der Waals surface area contributed by atoms with E-state index in [-0.39, 0.29) is 30.7 Å². The second-order valence-electron chi connectivity index (χ2n) is 7.37. The van der Waals surface area contributed by atoms with E-state index in [0.717, 1.165) is 12.0 Å². The monoisotopic (exact) mass is 381 g/mol. The first kappa shape index (κ1) is 18.5. The van der Waals surface area contributed by atoms with Crippen LogP contribution in [0.3, 0.4) is 0 Å². The summed E-state index contributed by atoms with van der Waals surface area (Å²) in [7, 11) is 0. The zero-order chi connectivity index (χ0) is 19.5. The van der Waals surface area contributed by atoms with Gasteiger partial charge in [-0.1, -0.05) is 36.4 Å². The number of fused-ring (bicyclic) bond motifs is 2. The normalized spacial score (nSPS) is 15.6. The summed E-state index contributed by atoms with van der Waals surface area (Å²) in [5, 5.41) is 2.85. The van der Waals surface area contributed by atoms with Crippen molar-refractivity contribution >= 4 is 11.9 Å². The van der Waals surface area contributed by atoms with Crippen molar-refractivity contribution in [3.8, 4) is 0 Å². The Labute approximate surface area is 164 Å². The van der Waals surface area contributed by atoms with Crippen LogP contribution < -0.4 is 5.32 Å². The molecule has 146 valence electrons. The number of rotatable bonds is 3. The van der Waals surface area contributed by atoms with Gasteiger partial charge in [-0.15, -0.1) is 0 Å². The van der Waals surface area contributed by atoms with E-state index >= 15 is 0 Å². The van der Waals surface area contributed by atoms with Crippen LogP contribution in [-0.4, -0.2) is 41.4 Å². The van der Waals surface area contributed by atoms with Gasteiger partial charge in [0, 0.05) is 44.7 Å². The lowest BCUT2D eigenvalue weighted by atomic mass is 9.99. The lowest BCUT2D eigenvalue weighted by Crippen LogP contribution is -2.44. The van der Waals surface area contributed by atoms with E-state index < -0.39 is 0 Å². The lowest BCUT2D eigenvalue weighted by molar-refractivity contribution is -0.132. The van der Waals surface area contributed by atoms with Crippen molar-refractivity contribution in [1.29, 1.82) is 0 Å². The molecule has 0 unspecified atom stereocenters. The topological polar surface area (TPSA) is 52.7 Å². The molecule has 28 heavy (non-hydrogen) atoms. The van der Waals surface area contributed by atoms with Crippen molar-refractivity contribution in [2.45, 2.75) is 32.4 Å². The molecule has 0 fully saturated rings. The van der Waals surface area contributed by atoms with Crippen LogP contribution in [0.2, 0.25) is 0 Å². The van der Waals surface area contributed by atoms with E-state index in [1.54, 1.807) is 15.9 Å². The van der Waals surface area contributed by atoms with E-state index in [1.807, 2.05) is 24.3 Å². The van der Waals surface area contributed by atoms with Gasteiger partial charge in [-0.05, 0) is 35.6 Å². The number of nitrogens with zero attached hydrogens (tertiary/aromatic N) is 2. The average Bonchev–Trinajstić information content (AvgIpc) is 2.73. The Morgan fingerprint density at radius 1 is 0.893 bits per heavy atom. The molecule has 0 radical (unpaired) electrons. The van der Waals surface area contributed by atoms with Crippen molar-refractivity contribution in [2.24, 2.45) is 0 Å². The van der Waals surface area contributed by atoms with E-state index in [0.29, 0.717) is 38.2 Å². The van der Waals surface area contributed by atoms with Gasteiger partial charge >= 0.3 is 6.03 Å². The van der Waals surface area contributed by atoms with Crippen LogP contribution in [0.4, 0.5) is 9.18 Å². The summed E-state index contributed by atoms with van der Waals surface area (Å²) >= 11 is 0. The molecule has 2 aliphatic heterocycles. The number of carbonyl (C=O) groups excluding carboxylic acids is 2. The van der Waals surface area contributed by atoms with Gasteiger partial charge in [0.15, 0.2) is 0 Å². The zero-order valence-corrected chi connectivity index (χ0v) is 15.8. The van der Waals surface area contributed by atoms with Crippen LogP contribution in [-0.2, 0) is 30.7 Å². The summed E-state index contributed by atoms with van der Waals surface area (Å²) in [4.78, 5) is 28.3. The maximum absolute atomic E-state index is 14.0. The van der Waals surface area contributed by atoms with Crippen LogP contribution in [0.1, 0.15) is 28.7 Å². The third-order valence-electron chi connectivity index (χ3n) is 5.60. The number of urea groups is 1. The molecule has 0 bridgehead atoms. The first-order valence-electron chi connectivity index (χ1n) is 9.75. The fraction of sp³-hybridized carbons (Fsp3) is 0.364. The van der Waals surface area contributed by atoms with Gasteiger partial charge in [0.05, 0.1) is 0 Å². The van der Waals surface area contributed by atoms with Crippen LogP contribution in [0.5, 0.6) is 0 Å². The lowest BCUT2D eigenvalue weighted by Gasteiger charge is -2.30. The van der Waals surface area contributed by atoms with Crippen LogP contribution in [0, 0.1) is 5.82 Å². The highest BCUT2D eigenvalue weighted by Gasteiger charge is 2.24. The zero-order valence-electron chi connectivity index (χ0n) is 15.8. The molecule has 6 heteroatoms. The minimum absolute atomic E-state index is 0.0572. The van der Waals surface area contributed by atoms with Gasteiger partial charge in [0.2, 0.25) is 5.91 Å². The van der Waals surface area contributed by atoms with Crippen LogP contribution >= 0.6 is 0 Å². The number of hydrogen-bond donors (Lipinski definition) is 1. The average molecular weight is 381 g/mol. The SMILES string of the molecule is O=C(CCNC(=O)N1CCc2ccccc2C1)N1CCc2cccc(F)c2C1. The fourth-order valence-corrected chi connectivity index (χ4v) is 3.97. The quantitative estimate of drug-likeness (QED) is 0.889. The summed E-state index contributed by atoms with van der Waals surface area (Å²) in [6.45, 7) is 2.46. The van der Waals surface area contributed by atoms with E-state index in [1.165, 1.54) is 17.2 Å². The Hall–Kier alpha value is -2.89. The maximum atomic E-state index is 14.0. The highest BCUT2D eigenvalue weighted by Crippen LogP contribution is 2.22. The molecule has 0 spiro atoms. The second-order valence-corrected chi connectivity index (χ2v) is 7.37. The number of amides is 3. The van der Waals surface area contributed by atoms with E-state index in [4.69, 9.17) is 0 Å². The predicted molar refractivity (Wildman–Crippen MR) is 104 cm³/mol. The number of carbonyl (C=O) groups is 2. The molecule has 2 aromatic carbocycles. The third kappa shape index (κ3) is 3.86. The summed E-state index contributed by atoms with van der Waals surface area (Å²) in [5.41, 5.74) is 4.05. The third-order valence-corrected chi connectivity index (χ3v) is 5.60. The highest BCUT2D eigenvalue weighted by atomic mass is 19.1. The Balaban J connectivity index is 1.26. The molecule has 4 rings (SSSR count). The Kier molecular flexibility index (Phi) is 5.28. The Morgan fingerprint density at radius 2 is 1.61 bits per heavy atom. The van der Waals surface area contributed by atoms with Crippen molar-refractivity contribution in [3.05, 3.63) is 70.5 Å². The van der Waals surface area contributed by atoms with E-state index in [2.05, 4.69) is 11.4 Å². The molecule has 0 aliphatic carbocycles. The largest absolute Gasteiger partial charge is 0.338 e. The molecular formula is C22H24FN3O2. The molecule has 0 aromatic heterocycles. The summed E-state index contributed by atoms with van der Waals surface area (Å²) in [5.74, 6) is -0.313. The number of nitrogens with one attached hydrogen (secondary N) is 1. The molecule has 0 atom stereocenters. The minimum atomic E-state index is -0.256. The molecule has 5 nitrogen and oxygen atoms in total. The van der Waals surface area contributed by atoms with Gasteiger partial charge in [-0.3, -0.25) is 4.79 Å². The van der Waals surface area contributed by atoms with Crippen molar-refractivity contribution in [2.75, 3.05) is 19.6 Å². The number of halogens is 1. The number of hydrogen-bond acceptors (Lipinski definition) is 2. The minimum Gasteiger partial charge on any atom is -0.338 e. The molecule has 0 saturated carbocycles. The van der Waals surface area contributed by atoms with Crippen molar-refractivity contribution in [3.63, 3.8) is 0 Å². The van der Waals surface area contributed by atoms with E-state index in [9.17, 15) is 14.0 Å². The summed E-state index contributed by atoms with van der Waals surface area (Å²) in [6, 6.07) is 13.1. The predicted octanol–water partition coefficient (Wildman–Crippen LogP) is 2.87. The van der Waals surface area contributed by atoms with Crippen LogP contribution in [0.15, 0.2) is 42.5 Å². The Bertz CT molecular complexity index is 899. The van der Waals surface area contributed by atoms with Gasteiger partial charge in [-0.2, -0.15) is 0 Å². The molecule has 1 N–H and O–H groups in total. The van der Waals surface area contributed by atoms with Gasteiger partial charge in [0.25, 0.3) is 0 Å². The molecule has 3 amide bonds. The van der Waals surface area contributed by atoms with Crippen molar-refractivity contribution in [1.82, 2.24) is 15.1 Å². The number of benzene rings is 2. The second kappa shape index (κ2) is 8.00. The van der Waals surface area contributed by atoms with Gasteiger partial charge in [-0.25, -0.2) is 9.18 Å². The molecule has 0 saturated heterocycles.